The van der Waals surface area contributed by atoms with Crippen LogP contribution in [0, 0.1) is 0 Å². The molecule has 0 saturated heterocycles. The molecule has 1 heterocycles. The number of nitrogens with one attached hydrogen (secondary N) is 3. The van der Waals surface area contributed by atoms with Crippen LogP contribution >= 0.6 is 0 Å². The zero-order valence-corrected chi connectivity index (χ0v) is 11.9. The summed E-state index contributed by atoms with van der Waals surface area (Å²) in [7, 11) is 0. The number of hydrogen-bond donors (Lipinski definition) is 3. The van der Waals surface area contributed by atoms with Crippen molar-refractivity contribution in [2.75, 3.05) is 30.3 Å². The topological polar surface area (TPSA) is 78.9 Å². The summed E-state index contributed by atoms with van der Waals surface area (Å²) < 4.78 is 0. The molecule has 0 atom stereocenters. The first-order chi connectivity index (χ1) is 9.19. The number of nitrogens with zero attached hydrogens (tertiary/aromatic N) is 2. The third kappa shape index (κ3) is 5.11. The van der Waals surface area contributed by atoms with Gasteiger partial charge in [-0.1, -0.05) is 13.3 Å². The molecule has 0 fully saturated rings. The summed E-state index contributed by atoms with van der Waals surface area (Å²) in [5.74, 6) is 1.71. The Kier molecular flexibility index (Phi) is 6.63. The molecule has 1 aromatic heterocycles. The van der Waals surface area contributed by atoms with Crippen molar-refractivity contribution in [3.8, 4) is 0 Å². The smallest absolute Gasteiger partial charge is 0.216 e. The molecule has 3 N–H and O–H groups in total. The van der Waals surface area contributed by atoms with Gasteiger partial charge in [-0.3, -0.25) is 4.79 Å². The van der Waals surface area contributed by atoms with E-state index in [4.69, 9.17) is 0 Å². The third-order valence-corrected chi connectivity index (χ3v) is 2.58. The van der Waals surface area contributed by atoms with Gasteiger partial charge in [0.1, 0.15) is 18.0 Å². The van der Waals surface area contributed by atoms with Crippen LogP contribution in [0.1, 0.15) is 32.8 Å². The molecular formula is C13H23N5O. The third-order valence-electron chi connectivity index (χ3n) is 2.58. The molecule has 0 bridgehead atoms. The van der Waals surface area contributed by atoms with E-state index in [1.165, 1.54) is 6.92 Å². The van der Waals surface area contributed by atoms with Crippen LogP contribution in [0.5, 0.6) is 0 Å². The van der Waals surface area contributed by atoms with Gasteiger partial charge in [-0.05, 0) is 13.3 Å². The van der Waals surface area contributed by atoms with Crippen LogP contribution in [-0.2, 0) is 11.2 Å². The lowest BCUT2D eigenvalue weighted by atomic mass is 10.1. The van der Waals surface area contributed by atoms with E-state index in [1.54, 1.807) is 6.33 Å². The van der Waals surface area contributed by atoms with Crippen molar-refractivity contribution < 1.29 is 4.79 Å². The van der Waals surface area contributed by atoms with Gasteiger partial charge in [-0.25, -0.2) is 9.97 Å². The molecule has 0 aliphatic rings. The Morgan fingerprint density at radius 1 is 1.16 bits per heavy atom. The highest BCUT2D eigenvalue weighted by Gasteiger charge is 2.09. The summed E-state index contributed by atoms with van der Waals surface area (Å²) in [5.41, 5.74) is 1.11. The van der Waals surface area contributed by atoms with Gasteiger partial charge in [-0.15, -0.1) is 0 Å². The van der Waals surface area contributed by atoms with E-state index in [2.05, 4.69) is 32.8 Å². The van der Waals surface area contributed by atoms with Crippen molar-refractivity contribution in [3.63, 3.8) is 0 Å². The van der Waals surface area contributed by atoms with E-state index in [9.17, 15) is 4.79 Å². The molecule has 0 aliphatic heterocycles. The van der Waals surface area contributed by atoms with Crippen molar-refractivity contribution in [2.24, 2.45) is 0 Å². The van der Waals surface area contributed by atoms with Gasteiger partial charge in [0.05, 0.1) is 0 Å². The molecule has 0 radical (unpaired) electrons. The number of rotatable bonds is 8. The second-order valence-corrected chi connectivity index (χ2v) is 4.24. The summed E-state index contributed by atoms with van der Waals surface area (Å²) in [6.45, 7) is 7.75. The van der Waals surface area contributed by atoms with Crippen LogP contribution < -0.4 is 16.0 Å². The molecule has 106 valence electrons. The van der Waals surface area contributed by atoms with Gasteiger partial charge in [0.2, 0.25) is 5.91 Å². The normalized spacial score (nSPS) is 10.1. The van der Waals surface area contributed by atoms with Gasteiger partial charge in [0.25, 0.3) is 0 Å². The maximum absolute atomic E-state index is 10.8. The fourth-order valence-corrected chi connectivity index (χ4v) is 1.79. The quantitative estimate of drug-likeness (QED) is 0.619. The second kappa shape index (κ2) is 8.29. The summed E-state index contributed by atoms with van der Waals surface area (Å²) in [4.78, 5) is 19.3. The molecule has 6 heteroatoms. The molecule has 19 heavy (non-hydrogen) atoms. The molecule has 0 spiro atoms. The number of amides is 1. The predicted octanol–water partition coefficient (Wildman–Crippen LogP) is 1.41. The first-order valence-electron chi connectivity index (χ1n) is 6.75. The average molecular weight is 265 g/mol. The zero-order chi connectivity index (χ0) is 14.1. The zero-order valence-electron chi connectivity index (χ0n) is 11.9. The molecule has 6 nitrogen and oxygen atoms in total. The van der Waals surface area contributed by atoms with E-state index in [-0.39, 0.29) is 5.91 Å². The van der Waals surface area contributed by atoms with E-state index < -0.39 is 0 Å². The lowest BCUT2D eigenvalue weighted by molar-refractivity contribution is -0.118. The predicted molar refractivity (Wildman–Crippen MR) is 77.4 cm³/mol. The SMILES string of the molecule is CCCc1c(NCC)ncnc1NCCNC(C)=O. The van der Waals surface area contributed by atoms with Crippen molar-refractivity contribution in [2.45, 2.75) is 33.6 Å². The van der Waals surface area contributed by atoms with E-state index in [0.717, 1.165) is 36.6 Å². The molecule has 0 aromatic carbocycles. The van der Waals surface area contributed by atoms with Crippen LogP contribution in [0.3, 0.4) is 0 Å². The van der Waals surface area contributed by atoms with Crippen molar-refractivity contribution >= 4 is 17.5 Å². The Bertz CT molecular complexity index is 408. The minimum Gasteiger partial charge on any atom is -0.370 e. The molecule has 1 amide bonds. The minimum atomic E-state index is -0.0217. The maximum atomic E-state index is 10.8. The van der Waals surface area contributed by atoms with Crippen LogP contribution in [0.15, 0.2) is 6.33 Å². The fraction of sp³-hybridized carbons (Fsp3) is 0.615. The molecule has 0 saturated carbocycles. The number of carbonyl (C=O) groups is 1. The Labute approximate surface area is 114 Å². The number of aromatic nitrogens is 2. The van der Waals surface area contributed by atoms with Crippen LogP contribution in [0.4, 0.5) is 11.6 Å². The Morgan fingerprint density at radius 2 is 1.84 bits per heavy atom. The van der Waals surface area contributed by atoms with Gasteiger partial charge in [0.15, 0.2) is 0 Å². The highest BCUT2D eigenvalue weighted by molar-refractivity contribution is 5.72. The van der Waals surface area contributed by atoms with Gasteiger partial charge >= 0.3 is 0 Å². The van der Waals surface area contributed by atoms with Crippen molar-refractivity contribution in [1.29, 1.82) is 0 Å². The summed E-state index contributed by atoms with van der Waals surface area (Å²) >= 11 is 0. The average Bonchev–Trinajstić information content (AvgIpc) is 2.38. The van der Waals surface area contributed by atoms with Crippen LogP contribution in [0.2, 0.25) is 0 Å². The van der Waals surface area contributed by atoms with Gasteiger partial charge < -0.3 is 16.0 Å². The van der Waals surface area contributed by atoms with E-state index in [1.807, 2.05) is 6.92 Å². The van der Waals surface area contributed by atoms with E-state index >= 15 is 0 Å². The first kappa shape index (κ1) is 15.2. The fourth-order valence-electron chi connectivity index (χ4n) is 1.79. The highest BCUT2D eigenvalue weighted by atomic mass is 16.1. The Balaban J connectivity index is 2.69. The lowest BCUT2D eigenvalue weighted by Crippen LogP contribution is -2.26. The standard InChI is InChI=1S/C13H23N5O/c1-4-6-11-12(14-5-2)17-9-18-13(11)16-8-7-15-10(3)19/h9H,4-8H2,1-3H3,(H,15,19)(H2,14,16,17,18). The molecular weight excluding hydrogens is 242 g/mol. The number of anilines is 2. The number of hydrogen-bond acceptors (Lipinski definition) is 5. The monoisotopic (exact) mass is 265 g/mol. The summed E-state index contributed by atoms with van der Waals surface area (Å²) in [5, 5.41) is 9.24. The van der Waals surface area contributed by atoms with Crippen LogP contribution in [0.25, 0.3) is 0 Å². The molecule has 1 aromatic rings. The van der Waals surface area contributed by atoms with Crippen molar-refractivity contribution in [3.05, 3.63) is 11.9 Å². The Hall–Kier alpha value is -1.85. The summed E-state index contributed by atoms with van der Waals surface area (Å²) in [6, 6.07) is 0. The van der Waals surface area contributed by atoms with Gasteiger partial charge in [-0.2, -0.15) is 0 Å². The maximum Gasteiger partial charge on any atom is 0.216 e. The lowest BCUT2D eigenvalue weighted by Gasteiger charge is -2.14. The molecule has 0 aliphatic carbocycles. The molecule has 1 rings (SSSR count). The number of carbonyl (C=O) groups excluding carboxylic acids is 1. The summed E-state index contributed by atoms with van der Waals surface area (Å²) in [6.07, 6.45) is 3.51. The van der Waals surface area contributed by atoms with Crippen molar-refractivity contribution in [1.82, 2.24) is 15.3 Å². The highest BCUT2D eigenvalue weighted by Crippen LogP contribution is 2.21. The second-order valence-electron chi connectivity index (χ2n) is 4.24. The minimum absolute atomic E-state index is 0.0217. The van der Waals surface area contributed by atoms with Crippen LogP contribution in [-0.4, -0.2) is 35.5 Å². The van der Waals surface area contributed by atoms with E-state index in [0.29, 0.717) is 13.1 Å². The Morgan fingerprint density at radius 3 is 2.42 bits per heavy atom. The first-order valence-corrected chi connectivity index (χ1v) is 6.75. The molecule has 0 unspecified atom stereocenters. The largest absolute Gasteiger partial charge is 0.370 e. The van der Waals surface area contributed by atoms with Gasteiger partial charge in [0, 0.05) is 32.1 Å².